The summed E-state index contributed by atoms with van der Waals surface area (Å²) in [5, 5.41) is 9.89. The molecule has 0 radical (unpaired) electrons. The molecule has 80 valence electrons. The number of hydrogen-bond donors (Lipinski definition) is 1. The Morgan fingerprint density at radius 2 is 2.00 bits per heavy atom. The fourth-order valence-electron chi connectivity index (χ4n) is 1.47. The smallest absolute Gasteiger partial charge is 0.0799 e. The Morgan fingerprint density at radius 3 is 2.60 bits per heavy atom. The average molecular weight is 202 g/mol. The molecule has 0 saturated heterocycles. The van der Waals surface area contributed by atoms with E-state index in [2.05, 4.69) is 37.8 Å². The molecule has 0 aromatic heterocycles. The van der Waals surface area contributed by atoms with E-state index in [1.807, 2.05) is 13.0 Å². The van der Waals surface area contributed by atoms with Gasteiger partial charge in [-0.15, -0.1) is 11.8 Å². The summed E-state index contributed by atoms with van der Waals surface area (Å²) in [5.41, 5.74) is 3.49. The van der Waals surface area contributed by atoms with Crippen molar-refractivity contribution in [1.29, 1.82) is 0 Å². The van der Waals surface area contributed by atoms with Crippen molar-refractivity contribution in [3.8, 4) is 11.8 Å². The van der Waals surface area contributed by atoms with Crippen molar-refractivity contribution in [2.24, 2.45) is 0 Å². The van der Waals surface area contributed by atoms with Gasteiger partial charge in [0.1, 0.15) is 0 Å². The van der Waals surface area contributed by atoms with Crippen molar-refractivity contribution in [3.63, 3.8) is 0 Å². The molecule has 0 aliphatic carbocycles. The molecule has 0 bridgehead atoms. The van der Waals surface area contributed by atoms with Gasteiger partial charge >= 0.3 is 0 Å². The Hall–Kier alpha value is -1.26. The van der Waals surface area contributed by atoms with Gasteiger partial charge in [0.15, 0.2) is 0 Å². The quantitative estimate of drug-likeness (QED) is 0.746. The van der Waals surface area contributed by atoms with E-state index < -0.39 is 0 Å². The van der Waals surface area contributed by atoms with Crippen molar-refractivity contribution in [2.45, 2.75) is 39.7 Å². The molecule has 0 aliphatic heterocycles. The molecule has 1 unspecified atom stereocenters. The number of hydrogen-bond acceptors (Lipinski definition) is 1. The minimum absolute atomic E-state index is 0.384. The molecule has 0 heterocycles. The van der Waals surface area contributed by atoms with Crippen LogP contribution >= 0.6 is 0 Å². The van der Waals surface area contributed by atoms with Crippen molar-refractivity contribution in [1.82, 2.24) is 0 Å². The van der Waals surface area contributed by atoms with Crippen LogP contribution in [-0.4, -0.2) is 5.11 Å². The van der Waals surface area contributed by atoms with E-state index in [0.717, 1.165) is 12.0 Å². The first-order valence-corrected chi connectivity index (χ1v) is 5.30. The van der Waals surface area contributed by atoms with Gasteiger partial charge in [0.05, 0.1) is 6.10 Å². The molecule has 0 spiro atoms. The lowest BCUT2D eigenvalue weighted by Crippen LogP contribution is -1.98. The highest BCUT2D eigenvalue weighted by Gasteiger charge is 2.06. The van der Waals surface area contributed by atoms with Gasteiger partial charge in [-0.2, -0.15) is 0 Å². The first-order valence-electron chi connectivity index (χ1n) is 5.30. The molecule has 0 saturated carbocycles. The predicted molar refractivity (Wildman–Crippen MR) is 63.6 cm³/mol. The number of aryl methyl sites for hydroxylation is 2. The minimum atomic E-state index is -0.384. The molecule has 1 N–H and O–H groups in total. The number of rotatable bonds is 3. The normalized spacial score (nSPS) is 11.7. The summed E-state index contributed by atoms with van der Waals surface area (Å²) in [6.45, 7) is 5.97. The molecule has 1 aromatic carbocycles. The summed E-state index contributed by atoms with van der Waals surface area (Å²) in [5.74, 6) is 5.80. The lowest BCUT2D eigenvalue weighted by molar-refractivity contribution is 0.169. The van der Waals surface area contributed by atoms with Crippen molar-refractivity contribution in [2.75, 3.05) is 0 Å². The highest BCUT2D eigenvalue weighted by molar-refractivity contribution is 5.31. The van der Waals surface area contributed by atoms with Crippen LogP contribution in [0.15, 0.2) is 18.2 Å². The Morgan fingerprint density at radius 1 is 1.27 bits per heavy atom. The summed E-state index contributed by atoms with van der Waals surface area (Å²) in [6, 6.07) is 6.10. The zero-order chi connectivity index (χ0) is 11.3. The second-order valence-corrected chi connectivity index (χ2v) is 3.82. The molecular formula is C14H18O. The van der Waals surface area contributed by atoms with Gasteiger partial charge in [-0.3, -0.25) is 0 Å². The average Bonchev–Trinajstić information content (AvgIpc) is 2.22. The molecule has 1 atom stereocenters. The molecule has 0 amide bonds. The maximum absolute atomic E-state index is 9.89. The first-order chi connectivity index (χ1) is 7.15. The predicted octanol–water partition coefficient (Wildman–Crippen LogP) is 3.14. The highest BCUT2D eigenvalue weighted by Crippen LogP contribution is 2.20. The molecule has 1 rings (SSSR count). The standard InChI is InChI=1S/C14H18O/c1-4-5-6-7-14(15)13-9-8-11(2)12(3)10-13/h8-10,14-15H,6-7H2,1-3H3. The van der Waals surface area contributed by atoms with Gasteiger partial charge in [0.2, 0.25) is 0 Å². The summed E-state index contributed by atoms with van der Waals surface area (Å²) in [4.78, 5) is 0. The SMILES string of the molecule is CC#CCCC(O)c1ccc(C)c(C)c1. The summed E-state index contributed by atoms with van der Waals surface area (Å²) >= 11 is 0. The molecule has 1 nitrogen and oxygen atoms in total. The monoisotopic (exact) mass is 202 g/mol. The molecule has 15 heavy (non-hydrogen) atoms. The van der Waals surface area contributed by atoms with Crippen LogP contribution in [0.25, 0.3) is 0 Å². The molecule has 1 aromatic rings. The number of benzene rings is 1. The van der Waals surface area contributed by atoms with Gasteiger partial charge in [-0.1, -0.05) is 18.2 Å². The van der Waals surface area contributed by atoms with E-state index in [4.69, 9.17) is 0 Å². The van der Waals surface area contributed by atoms with E-state index >= 15 is 0 Å². The third-order valence-corrected chi connectivity index (χ3v) is 2.64. The Balaban J connectivity index is 2.68. The van der Waals surface area contributed by atoms with Crippen molar-refractivity contribution in [3.05, 3.63) is 34.9 Å². The van der Waals surface area contributed by atoms with E-state index in [1.165, 1.54) is 11.1 Å². The third kappa shape index (κ3) is 3.42. The lowest BCUT2D eigenvalue weighted by atomic mass is 10.0. The van der Waals surface area contributed by atoms with Crippen LogP contribution in [0.1, 0.15) is 42.6 Å². The topological polar surface area (TPSA) is 20.2 Å². The van der Waals surface area contributed by atoms with Crippen molar-refractivity contribution >= 4 is 0 Å². The summed E-state index contributed by atoms with van der Waals surface area (Å²) < 4.78 is 0. The van der Waals surface area contributed by atoms with Gasteiger partial charge in [0.25, 0.3) is 0 Å². The van der Waals surface area contributed by atoms with Crippen molar-refractivity contribution < 1.29 is 5.11 Å². The molecule has 0 aliphatic rings. The van der Waals surface area contributed by atoms with Crippen LogP contribution in [0.5, 0.6) is 0 Å². The van der Waals surface area contributed by atoms with E-state index in [0.29, 0.717) is 6.42 Å². The Kier molecular flexibility index (Phi) is 4.39. The zero-order valence-electron chi connectivity index (χ0n) is 9.67. The van der Waals surface area contributed by atoms with Gasteiger partial charge in [0, 0.05) is 6.42 Å². The molecule has 0 fully saturated rings. The molecule has 1 heteroatoms. The largest absolute Gasteiger partial charge is 0.388 e. The fraction of sp³-hybridized carbons (Fsp3) is 0.429. The maximum atomic E-state index is 9.89. The fourth-order valence-corrected chi connectivity index (χ4v) is 1.47. The second-order valence-electron chi connectivity index (χ2n) is 3.82. The summed E-state index contributed by atoms with van der Waals surface area (Å²) in [6.07, 6.45) is 1.08. The first kappa shape index (κ1) is 11.8. The van der Waals surface area contributed by atoms with E-state index in [1.54, 1.807) is 0 Å². The summed E-state index contributed by atoms with van der Waals surface area (Å²) in [7, 11) is 0. The lowest BCUT2D eigenvalue weighted by Gasteiger charge is -2.11. The van der Waals surface area contributed by atoms with Crippen LogP contribution in [-0.2, 0) is 0 Å². The third-order valence-electron chi connectivity index (χ3n) is 2.64. The molecular weight excluding hydrogens is 184 g/mol. The minimum Gasteiger partial charge on any atom is -0.388 e. The zero-order valence-corrected chi connectivity index (χ0v) is 9.67. The van der Waals surface area contributed by atoms with Crippen LogP contribution in [0.3, 0.4) is 0 Å². The van der Waals surface area contributed by atoms with E-state index in [-0.39, 0.29) is 6.10 Å². The number of aliphatic hydroxyl groups is 1. The van der Waals surface area contributed by atoms with Crippen LogP contribution in [0.4, 0.5) is 0 Å². The Labute approximate surface area is 92.1 Å². The van der Waals surface area contributed by atoms with Gasteiger partial charge in [-0.05, 0) is 43.9 Å². The van der Waals surface area contributed by atoms with Crippen LogP contribution < -0.4 is 0 Å². The second kappa shape index (κ2) is 5.58. The van der Waals surface area contributed by atoms with Gasteiger partial charge < -0.3 is 5.11 Å². The number of aliphatic hydroxyl groups excluding tert-OH is 1. The van der Waals surface area contributed by atoms with E-state index in [9.17, 15) is 5.11 Å². The van der Waals surface area contributed by atoms with Crippen LogP contribution in [0, 0.1) is 25.7 Å². The van der Waals surface area contributed by atoms with Gasteiger partial charge in [-0.25, -0.2) is 0 Å². The van der Waals surface area contributed by atoms with Crippen LogP contribution in [0.2, 0.25) is 0 Å². The highest BCUT2D eigenvalue weighted by atomic mass is 16.3. The maximum Gasteiger partial charge on any atom is 0.0799 e. The Bertz CT molecular complexity index is 382.